The Morgan fingerprint density at radius 2 is 2.19 bits per heavy atom. The van der Waals surface area contributed by atoms with Crippen LogP contribution in [0.15, 0.2) is 17.5 Å². The number of hydrogen-bond acceptors (Lipinski definition) is 3. The summed E-state index contributed by atoms with van der Waals surface area (Å²) in [4.78, 5) is 1.01. The molecule has 0 aliphatic heterocycles. The molecule has 1 aromatic heterocycles. The average molecular weight is 253 g/mol. The maximum absolute atomic E-state index is 12.4. The minimum atomic E-state index is -4.40. The van der Waals surface area contributed by atoms with E-state index in [1.54, 1.807) is 0 Å². The zero-order chi connectivity index (χ0) is 12.2. The molecule has 0 aromatic carbocycles. The predicted molar refractivity (Wildman–Crippen MR) is 57.5 cm³/mol. The summed E-state index contributed by atoms with van der Waals surface area (Å²) in [5.41, 5.74) is 5.24. The van der Waals surface area contributed by atoms with E-state index in [4.69, 9.17) is 10.5 Å². The van der Waals surface area contributed by atoms with E-state index < -0.39 is 18.3 Å². The molecule has 1 heterocycles. The van der Waals surface area contributed by atoms with Gasteiger partial charge in [0.05, 0.1) is 6.61 Å². The Hall–Kier alpha value is -0.590. The standard InChI is InChI=1S/C10H14F3NOS/c1-7(14)9(10(11,12)13)15-5-4-8-3-2-6-16-8/h2-3,6-7,9H,4-5,14H2,1H3. The van der Waals surface area contributed by atoms with Crippen LogP contribution in [-0.2, 0) is 11.2 Å². The first-order valence-corrected chi connectivity index (χ1v) is 5.75. The molecule has 92 valence electrons. The number of hydrogen-bond donors (Lipinski definition) is 1. The molecule has 0 spiro atoms. The van der Waals surface area contributed by atoms with Crippen molar-refractivity contribution in [2.24, 2.45) is 5.73 Å². The SMILES string of the molecule is CC(N)C(OCCc1cccs1)C(F)(F)F. The molecule has 0 radical (unpaired) electrons. The molecule has 2 N–H and O–H groups in total. The van der Waals surface area contributed by atoms with Crippen LogP contribution in [0.2, 0.25) is 0 Å². The smallest absolute Gasteiger partial charge is 0.367 e. The first-order chi connectivity index (χ1) is 7.41. The molecule has 16 heavy (non-hydrogen) atoms. The van der Waals surface area contributed by atoms with Crippen molar-refractivity contribution in [3.8, 4) is 0 Å². The van der Waals surface area contributed by atoms with Crippen LogP contribution in [0.4, 0.5) is 13.2 Å². The van der Waals surface area contributed by atoms with Crippen molar-refractivity contribution in [3.63, 3.8) is 0 Å². The van der Waals surface area contributed by atoms with Crippen LogP contribution in [0.1, 0.15) is 11.8 Å². The van der Waals surface area contributed by atoms with Crippen molar-refractivity contribution in [3.05, 3.63) is 22.4 Å². The summed E-state index contributed by atoms with van der Waals surface area (Å²) < 4.78 is 42.1. The van der Waals surface area contributed by atoms with Gasteiger partial charge in [-0.2, -0.15) is 13.2 Å². The van der Waals surface area contributed by atoms with E-state index in [2.05, 4.69) is 0 Å². The summed E-state index contributed by atoms with van der Waals surface area (Å²) >= 11 is 1.50. The van der Waals surface area contributed by atoms with Crippen molar-refractivity contribution in [1.82, 2.24) is 0 Å². The summed E-state index contributed by atoms with van der Waals surface area (Å²) in [7, 11) is 0. The molecule has 2 unspecified atom stereocenters. The topological polar surface area (TPSA) is 35.2 Å². The monoisotopic (exact) mass is 253 g/mol. The fraction of sp³-hybridized carbons (Fsp3) is 0.600. The molecule has 6 heteroatoms. The lowest BCUT2D eigenvalue weighted by Crippen LogP contribution is -2.45. The van der Waals surface area contributed by atoms with Gasteiger partial charge in [0.1, 0.15) is 0 Å². The molecule has 0 fully saturated rings. The van der Waals surface area contributed by atoms with Crippen LogP contribution in [-0.4, -0.2) is 24.9 Å². The van der Waals surface area contributed by atoms with Crippen molar-refractivity contribution in [2.45, 2.75) is 31.7 Å². The van der Waals surface area contributed by atoms with Gasteiger partial charge < -0.3 is 10.5 Å². The van der Waals surface area contributed by atoms with Gasteiger partial charge in [0.25, 0.3) is 0 Å². The number of halogens is 3. The Kier molecular flexibility index (Phi) is 4.76. The third-order valence-corrected chi connectivity index (χ3v) is 2.96. The number of nitrogens with two attached hydrogens (primary N) is 1. The Labute approximate surface area is 96.2 Å². The molecule has 0 saturated carbocycles. The Morgan fingerprint density at radius 1 is 1.50 bits per heavy atom. The molecule has 0 aliphatic rings. The highest BCUT2D eigenvalue weighted by atomic mass is 32.1. The maximum atomic E-state index is 12.4. The Balaban J connectivity index is 2.39. The summed E-state index contributed by atoms with van der Waals surface area (Å²) in [5.74, 6) is 0. The van der Waals surface area contributed by atoms with E-state index in [1.807, 2.05) is 17.5 Å². The van der Waals surface area contributed by atoms with Gasteiger partial charge in [-0.3, -0.25) is 0 Å². The highest BCUT2D eigenvalue weighted by molar-refractivity contribution is 7.09. The fourth-order valence-electron chi connectivity index (χ4n) is 1.29. The van der Waals surface area contributed by atoms with Gasteiger partial charge in [-0.1, -0.05) is 6.07 Å². The summed E-state index contributed by atoms with van der Waals surface area (Å²) in [5, 5.41) is 1.88. The summed E-state index contributed by atoms with van der Waals surface area (Å²) in [6.45, 7) is 1.33. The first-order valence-electron chi connectivity index (χ1n) is 4.87. The molecule has 0 amide bonds. The third-order valence-electron chi connectivity index (χ3n) is 2.03. The van der Waals surface area contributed by atoms with E-state index in [1.165, 1.54) is 18.3 Å². The van der Waals surface area contributed by atoms with Crippen molar-refractivity contribution in [2.75, 3.05) is 6.61 Å². The van der Waals surface area contributed by atoms with Crippen LogP contribution in [0, 0.1) is 0 Å². The van der Waals surface area contributed by atoms with E-state index in [-0.39, 0.29) is 6.61 Å². The molecule has 1 rings (SSSR count). The number of rotatable bonds is 5. The van der Waals surface area contributed by atoms with Gasteiger partial charge >= 0.3 is 6.18 Å². The summed E-state index contributed by atoms with van der Waals surface area (Å²) in [6, 6.07) is 2.67. The van der Waals surface area contributed by atoms with Crippen LogP contribution in [0.3, 0.4) is 0 Å². The molecular formula is C10H14F3NOS. The van der Waals surface area contributed by atoms with Gasteiger partial charge in [-0.25, -0.2) is 0 Å². The highest BCUT2D eigenvalue weighted by Crippen LogP contribution is 2.25. The van der Waals surface area contributed by atoms with Crippen molar-refractivity contribution < 1.29 is 17.9 Å². The van der Waals surface area contributed by atoms with Gasteiger partial charge in [-0.15, -0.1) is 11.3 Å². The van der Waals surface area contributed by atoms with Crippen molar-refractivity contribution in [1.29, 1.82) is 0 Å². The lowest BCUT2D eigenvalue weighted by Gasteiger charge is -2.23. The van der Waals surface area contributed by atoms with Crippen molar-refractivity contribution >= 4 is 11.3 Å². The summed E-state index contributed by atoms with van der Waals surface area (Å²) in [6.07, 6.45) is -5.80. The van der Waals surface area contributed by atoms with E-state index in [0.717, 1.165) is 4.88 Å². The molecule has 2 nitrogen and oxygen atoms in total. The fourth-order valence-corrected chi connectivity index (χ4v) is 1.98. The lowest BCUT2D eigenvalue weighted by atomic mass is 10.2. The third kappa shape index (κ3) is 4.11. The Morgan fingerprint density at radius 3 is 2.62 bits per heavy atom. The average Bonchev–Trinajstić information content (AvgIpc) is 2.61. The zero-order valence-electron chi connectivity index (χ0n) is 8.83. The van der Waals surface area contributed by atoms with Gasteiger partial charge in [0, 0.05) is 17.3 Å². The minimum absolute atomic E-state index is 0.0340. The van der Waals surface area contributed by atoms with Crippen LogP contribution in [0.5, 0.6) is 0 Å². The predicted octanol–water partition coefficient (Wildman–Crippen LogP) is 2.59. The first kappa shape index (κ1) is 13.5. The molecule has 0 bridgehead atoms. The van der Waals surface area contributed by atoms with Crippen LogP contribution < -0.4 is 5.73 Å². The maximum Gasteiger partial charge on any atom is 0.416 e. The normalized spacial score (nSPS) is 16.1. The van der Waals surface area contributed by atoms with E-state index in [9.17, 15) is 13.2 Å². The zero-order valence-corrected chi connectivity index (χ0v) is 9.65. The second-order valence-corrected chi connectivity index (χ2v) is 4.55. The second-order valence-electron chi connectivity index (χ2n) is 3.52. The van der Waals surface area contributed by atoms with Crippen LogP contribution >= 0.6 is 11.3 Å². The van der Waals surface area contributed by atoms with Crippen LogP contribution in [0.25, 0.3) is 0 Å². The van der Waals surface area contributed by atoms with E-state index >= 15 is 0 Å². The van der Waals surface area contributed by atoms with Gasteiger partial charge in [0.15, 0.2) is 6.10 Å². The molecule has 0 saturated heterocycles. The lowest BCUT2D eigenvalue weighted by molar-refractivity contribution is -0.224. The quantitative estimate of drug-likeness (QED) is 0.875. The molecule has 0 aliphatic carbocycles. The second kappa shape index (κ2) is 5.65. The Bertz CT molecular complexity index is 298. The number of ether oxygens (including phenoxy) is 1. The molecular weight excluding hydrogens is 239 g/mol. The van der Waals surface area contributed by atoms with Gasteiger partial charge in [0.2, 0.25) is 0 Å². The minimum Gasteiger partial charge on any atom is -0.367 e. The number of alkyl halides is 3. The molecule has 2 atom stereocenters. The largest absolute Gasteiger partial charge is 0.416 e. The molecule has 1 aromatic rings. The van der Waals surface area contributed by atoms with E-state index in [0.29, 0.717) is 6.42 Å². The van der Waals surface area contributed by atoms with Gasteiger partial charge in [-0.05, 0) is 18.4 Å². The highest BCUT2D eigenvalue weighted by Gasteiger charge is 2.42. The number of thiophene rings is 1.